The Morgan fingerprint density at radius 2 is 1.47 bits per heavy atom. The number of amides is 2. The number of nitrogens with zero attached hydrogens (tertiary/aromatic N) is 2. The molecule has 2 saturated heterocycles. The normalized spacial score (nSPS) is 23.2. The summed E-state index contributed by atoms with van der Waals surface area (Å²) < 4.78 is 0.867. The number of hydroxylamine groups is 1. The summed E-state index contributed by atoms with van der Waals surface area (Å²) >= 11 is 9.89. The van der Waals surface area contributed by atoms with Gasteiger partial charge in [0.25, 0.3) is 5.91 Å². The summed E-state index contributed by atoms with van der Waals surface area (Å²) in [7, 11) is 0. The van der Waals surface area contributed by atoms with Crippen molar-refractivity contribution in [3.05, 3.63) is 93.9 Å². The monoisotopic (exact) mass is 482 g/mol. The van der Waals surface area contributed by atoms with Crippen molar-refractivity contribution in [1.29, 1.82) is 0 Å². The van der Waals surface area contributed by atoms with Crippen molar-refractivity contribution >= 4 is 50.7 Å². The van der Waals surface area contributed by atoms with Gasteiger partial charge in [0.15, 0.2) is 6.10 Å². The van der Waals surface area contributed by atoms with Crippen LogP contribution in [0, 0.1) is 5.92 Å². The van der Waals surface area contributed by atoms with E-state index in [-0.39, 0.29) is 11.8 Å². The van der Waals surface area contributed by atoms with E-state index in [1.807, 2.05) is 48.5 Å². The van der Waals surface area contributed by atoms with E-state index in [0.717, 1.165) is 15.7 Å². The van der Waals surface area contributed by atoms with Gasteiger partial charge in [-0.25, -0.2) is 9.96 Å². The molecule has 0 aromatic heterocycles. The number of carbonyl (C=O) groups excluding carboxylic acids is 2. The Morgan fingerprint density at radius 3 is 2.17 bits per heavy atom. The van der Waals surface area contributed by atoms with Crippen molar-refractivity contribution < 1.29 is 14.4 Å². The fourth-order valence-electron chi connectivity index (χ4n) is 4.09. The lowest BCUT2D eigenvalue weighted by Gasteiger charge is -2.29. The van der Waals surface area contributed by atoms with Crippen molar-refractivity contribution in [1.82, 2.24) is 0 Å². The highest BCUT2D eigenvalue weighted by Gasteiger charge is 2.60. The Kier molecular flexibility index (Phi) is 4.85. The zero-order valence-electron chi connectivity index (χ0n) is 15.6. The van der Waals surface area contributed by atoms with E-state index in [1.165, 1.54) is 4.90 Å². The quantitative estimate of drug-likeness (QED) is 0.483. The van der Waals surface area contributed by atoms with Gasteiger partial charge in [-0.15, -0.1) is 0 Å². The first-order valence-corrected chi connectivity index (χ1v) is 10.6. The number of benzene rings is 3. The molecule has 0 bridgehead atoms. The average molecular weight is 484 g/mol. The lowest BCUT2D eigenvalue weighted by molar-refractivity contribution is -0.126. The molecule has 3 aromatic carbocycles. The van der Waals surface area contributed by atoms with Crippen LogP contribution in [-0.4, -0.2) is 17.9 Å². The fraction of sp³-hybridized carbons (Fsp3) is 0.130. The second kappa shape index (κ2) is 7.54. The highest BCUT2D eigenvalue weighted by Crippen LogP contribution is 2.48. The predicted molar refractivity (Wildman–Crippen MR) is 118 cm³/mol. The van der Waals surface area contributed by atoms with Crippen LogP contribution in [0.3, 0.4) is 0 Å². The summed E-state index contributed by atoms with van der Waals surface area (Å²) in [5.74, 6) is -1.38. The fourth-order valence-corrected chi connectivity index (χ4v) is 4.60. The van der Waals surface area contributed by atoms with Gasteiger partial charge in [0.2, 0.25) is 5.91 Å². The molecule has 5 rings (SSSR count). The zero-order valence-corrected chi connectivity index (χ0v) is 18.0. The molecule has 2 aliphatic rings. The van der Waals surface area contributed by atoms with Crippen LogP contribution in [-0.2, 0) is 14.4 Å². The number of hydrogen-bond donors (Lipinski definition) is 0. The van der Waals surface area contributed by atoms with E-state index in [2.05, 4.69) is 15.9 Å². The third kappa shape index (κ3) is 3.03. The molecule has 0 N–H and O–H groups in total. The molecule has 0 radical (unpaired) electrons. The lowest BCUT2D eigenvalue weighted by Crippen LogP contribution is -2.37. The van der Waals surface area contributed by atoms with Gasteiger partial charge < -0.3 is 0 Å². The molecule has 2 amide bonds. The zero-order chi connectivity index (χ0) is 20.8. The lowest BCUT2D eigenvalue weighted by atomic mass is 9.90. The maximum absolute atomic E-state index is 13.5. The van der Waals surface area contributed by atoms with Crippen molar-refractivity contribution in [2.45, 2.75) is 12.1 Å². The average Bonchev–Trinajstić information content (AvgIpc) is 3.26. The largest absolute Gasteiger partial charge is 0.273 e. The molecule has 3 aromatic rings. The standard InChI is InChI=1S/C23H16BrClN2O3/c24-14-10-12-15(13-11-14)26-22(28)19-20(17-8-4-5-9-18(17)25)27(30-21(19)23(26)29)16-6-2-1-3-7-16/h1-13,19-21H/t19-,20-,21-/m1/s1. The summed E-state index contributed by atoms with van der Waals surface area (Å²) in [6, 6.07) is 23.3. The first-order chi connectivity index (χ1) is 14.6. The van der Waals surface area contributed by atoms with Gasteiger partial charge in [-0.2, -0.15) is 0 Å². The SMILES string of the molecule is O=C1[C@@H]2[C@@H](c3ccccc3Cl)N(c3ccccc3)O[C@H]2C(=O)N1c1ccc(Br)cc1. The Morgan fingerprint density at radius 1 is 0.800 bits per heavy atom. The molecule has 150 valence electrons. The van der Waals surface area contributed by atoms with Crippen molar-refractivity contribution in [2.75, 3.05) is 9.96 Å². The van der Waals surface area contributed by atoms with Crippen LogP contribution in [0.25, 0.3) is 0 Å². The molecular formula is C23H16BrClN2O3. The van der Waals surface area contributed by atoms with Gasteiger partial charge in [0.1, 0.15) is 5.92 Å². The Balaban J connectivity index is 1.60. The summed E-state index contributed by atoms with van der Waals surface area (Å²) in [4.78, 5) is 34.0. The van der Waals surface area contributed by atoms with Gasteiger partial charge >= 0.3 is 0 Å². The second-order valence-electron chi connectivity index (χ2n) is 7.17. The Bertz CT molecular complexity index is 1120. The summed E-state index contributed by atoms with van der Waals surface area (Å²) in [6.07, 6.45) is -0.914. The molecule has 2 heterocycles. The summed E-state index contributed by atoms with van der Waals surface area (Å²) in [5, 5.41) is 2.17. The Labute approximate surface area is 186 Å². The molecule has 7 heteroatoms. The molecule has 5 nitrogen and oxygen atoms in total. The summed E-state index contributed by atoms with van der Waals surface area (Å²) in [5.41, 5.74) is 2.03. The van der Waals surface area contributed by atoms with Crippen molar-refractivity contribution in [3.8, 4) is 0 Å². The number of fused-ring (bicyclic) bond motifs is 1. The van der Waals surface area contributed by atoms with Crippen molar-refractivity contribution in [3.63, 3.8) is 0 Å². The molecule has 30 heavy (non-hydrogen) atoms. The third-order valence-electron chi connectivity index (χ3n) is 5.43. The van der Waals surface area contributed by atoms with E-state index in [1.54, 1.807) is 35.4 Å². The molecule has 2 fully saturated rings. The number of rotatable bonds is 3. The number of halogens is 2. The van der Waals surface area contributed by atoms with Gasteiger partial charge in [-0.05, 0) is 48.0 Å². The molecule has 0 saturated carbocycles. The van der Waals surface area contributed by atoms with E-state index in [4.69, 9.17) is 16.4 Å². The number of para-hydroxylation sites is 1. The molecule has 3 atom stereocenters. The van der Waals surface area contributed by atoms with Crippen LogP contribution in [0.15, 0.2) is 83.3 Å². The number of anilines is 2. The van der Waals surface area contributed by atoms with E-state index in [9.17, 15) is 9.59 Å². The first kappa shape index (κ1) is 19.3. The summed E-state index contributed by atoms with van der Waals surface area (Å²) in [6.45, 7) is 0. The second-order valence-corrected chi connectivity index (χ2v) is 8.49. The van der Waals surface area contributed by atoms with Crippen LogP contribution >= 0.6 is 27.5 Å². The third-order valence-corrected chi connectivity index (χ3v) is 6.31. The van der Waals surface area contributed by atoms with Crippen LogP contribution in [0.2, 0.25) is 5.02 Å². The van der Waals surface area contributed by atoms with Crippen LogP contribution < -0.4 is 9.96 Å². The minimum absolute atomic E-state index is 0.296. The van der Waals surface area contributed by atoms with Crippen LogP contribution in [0.5, 0.6) is 0 Å². The van der Waals surface area contributed by atoms with Gasteiger partial charge in [0, 0.05) is 9.50 Å². The topological polar surface area (TPSA) is 49.9 Å². The Hall–Kier alpha value is -2.67. The van der Waals surface area contributed by atoms with E-state index < -0.39 is 18.1 Å². The molecule has 0 spiro atoms. The predicted octanol–water partition coefficient (Wildman–Crippen LogP) is 5.15. The van der Waals surface area contributed by atoms with Crippen molar-refractivity contribution in [2.24, 2.45) is 5.92 Å². The van der Waals surface area contributed by atoms with Gasteiger partial charge in [-0.3, -0.25) is 14.4 Å². The number of hydrogen-bond acceptors (Lipinski definition) is 4. The minimum Gasteiger partial charge on any atom is -0.273 e. The molecule has 0 unspecified atom stereocenters. The van der Waals surface area contributed by atoms with E-state index in [0.29, 0.717) is 10.7 Å². The minimum atomic E-state index is -0.914. The van der Waals surface area contributed by atoms with Crippen LogP contribution in [0.1, 0.15) is 11.6 Å². The first-order valence-electron chi connectivity index (χ1n) is 9.45. The van der Waals surface area contributed by atoms with E-state index >= 15 is 0 Å². The smallest absolute Gasteiger partial charge is 0.266 e. The maximum Gasteiger partial charge on any atom is 0.266 e. The maximum atomic E-state index is 13.5. The van der Waals surface area contributed by atoms with Gasteiger partial charge in [-0.1, -0.05) is 63.9 Å². The molecule has 0 aliphatic carbocycles. The molecule has 2 aliphatic heterocycles. The van der Waals surface area contributed by atoms with Crippen LogP contribution in [0.4, 0.5) is 11.4 Å². The molecular weight excluding hydrogens is 468 g/mol. The number of imide groups is 1. The highest BCUT2D eigenvalue weighted by molar-refractivity contribution is 9.10. The van der Waals surface area contributed by atoms with Gasteiger partial charge in [0.05, 0.1) is 17.4 Å². The number of carbonyl (C=O) groups is 2. The highest BCUT2D eigenvalue weighted by atomic mass is 79.9.